The van der Waals surface area contributed by atoms with E-state index in [0.29, 0.717) is 24.1 Å². The van der Waals surface area contributed by atoms with Gasteiger partial charge in [0.2, 0.25) is 10.0 Å². The molecule has 0 saturated carbocycles. The van der Waals surface area contributed by atoms with Crippen molar-refractivity contribution in [1.29, 1.82) is 0 Å². The van der Waals surface area contributed by atoms with Gasteiger partial charge >= 0.3 is 5.97 Å². The Morgan fingerprint density at radius 3 is 2.65 bits per heavy atom. The molecule has 1 fully saturated rings. The topological polar surface area (TPSA) is 118 Å². The maximum atomic E-state index is 13.2. The molecule has 0 spiro atoms. The van der Waals surface area contributed by atoms with Gasteiger partial charge in [-0.3, -0.25) is 4.79 Å². The smallest absolute Gasteiger partial charge is 0.322 e. The average Bonchev–Trinajstić information content (AvgIpc) is 3.16. The molecule has 0 bridgehead atoms. The van der Waals surface area contributed by atoms with Gasteiger partial charge in [0.05, 0.1) is 17.4 Å². The molecule has 3 aromatic rings. The first-order valence-electron chi connectivity index (χ1n) is 10.2. The number of carboxylic acid groups (broad SMARTS) is 1. The Morgan fingerprint density at radius 1 is 1.23 bits per heavy atom. The predicted octanol–water partition coefficient (Wildman–Crippen LogP) is 2.50. The van der Waals surface area contributed by atoms with Crippen LogP contribution in [0.4, 0.5) is 0 Å². The van der Waals surface area contributed by atoms with E-state index in [1.54, 1.807) is 36.8 Å². The molecule has 1 N–H and O–H groups in total. The Morgan fingerprint density at radius 2 is 1.97 bits per heavy atom. The minimum absolute atomic E-state index is 0.0109. The van der Waals surface area contributed by atoms with E-state index in [1.807, 2.05) is 18.4 Å². The number of nitrogens with zero attached hydrogens (tertiary/aromatic N) is 5. The van der Waals surface area contributed by atoms with Crippen molar-refractivity contribution in [2.75, 3.05) is 6.54 Å². The second-order valence-corrected chi connectivity index (χ2v) is 10.1. The number of aliphatic carboxylic acids is 1. The van der Waals surface area contributed by atoms with Crippen LogP contribution < -0.4 is 0 Å². The molecule has 164 valence electrons. The number of hydrogen-bond acceptors (Lipinski definition) is 6. The highest BCUT2D eigenvalue weighted by Gasteiger charge is 2.41. The lowest BCUT2D eigenvalue weighted by Crippen LogP contribution is -2.50. The Hall–Kier alpha value is -2.85. The van der Waals surface area contributed by atoms with Crippen molar-refractivity contribution in [1.82, 2.24) is 23.8 Å². The SMILES string of the molecule is CC(C)c1ccc(S(=O)(=O)N2CC[C@@H](Cn3cnc4cncnc43)C[C@@H]2C(=O)O)cc1. The van der Waals surface area contributed by atoms with E-state index in [4.69, 9.17) is 0 Å². The maximum absolute atomic E-state index is 13.2. The third-order valence-electron chi connectivity index (χ3n) is 5.84. The number of imidazole rings is 1. The average molecular weight is 444 g/mol. The summed E-state index contributed by atoms with van der Waals surface area (Å²) in [6.07, 6.45) is 5.51. The van der Waals surface area contributed by atoms with Gasteiger partial charge in [-0.2, -0.15) is 4.31 Å². The highest BCUT2D eigenvalue weighted by Crippen LogP contribution is 2.31. The van der Waals surface area contributed by atoms with Gasteiger partial charge in [0.15, 0.2) is 5.65 Å². The van der Waals surface area contributed by atoms with Gasteiger partial charge < -0.3 is 9.67 Å². The normalized spacial score (nSPS) is 20.4. The van der Waals surface area contributed by atoms with E-state index < -0.39 is 22.0 Å². The molecule has 0 amide bonds. The van der Waals surface area contributed by atoms with Crippen molar-refractivity contribution in [3.05, 3.63) is 48.7 Å². The van der Waals surface area contributed by atoms with Crippen LogP contribution in [0.15, 0.2) is 48.0 Å². The Kier molecular flexibility index (Phi) is 5.76. The third-order valence-corrected chi connectivity index (χ3v) is 7.76. The van der Waals surface area contributed by atoms with Crippen LogP contribution in [-0.4, -0.2) is 55.9 Å². The highest BCUT2D eigenvalue weighted by molar-refractivity contribution is 7.89. The summed E-state index contributed by atoms with van der Waals surface area (Å²) in [5.41, 5.74) is 2.38. The number of benzene rings is 1. The molecule has 2 aromatic heterocycles. The monoisotopic (exact) mass is 443 g/mol. The van der Waals surface area contributed by atoms with Crippen LogP contribution in [0.3, 0.4) is 0 Å². The zero-order valence-electron chi connectivity index (χ0n) is 17.4. The lowest BCUT2D eigenvalue weighted by molar-refractivity contribution is -0.143. The van der Waals surface area contributed by atoms with Crippen LogP contribution in [0.1, 0.15) is 38.2 Å². The standard InChI is InChI=1S/C21H25N5O4S/c1-14(2)16-3-5-17(6-4-16)31(29,30)26-8-7-15(9-19(26)21(27)28)11-25-13-24-18-10-22-12-23-20(18)25/h3-6,10,12-15,19H,7-9,11H2,1-2H3,(H,27,28)/t15-,19-/m1/s1. The first-order chi connectivity index (χ1) is 14.8. The van der Waals surface area contributed by atoms with Crippen molar-refractivity contribution in [3.8, 4) is 0 Å². The number of carboxylic acids is 1. The van der Waals surface area contributed by atoms with E-state index in [9.17, 15) is 18.3 Å². The molecule has 1 aromatic carbocycles. The lowest BCUT2D eigenvalue weighted by atomic mass is 9.92. The Balaban J connectivity index is 1.54. The summed E-state index contributed by atoms with van der Waals surface area (Å²) >= 11 is 0. The summed E-state index contributed by atoms with van der Waals surface area (Å²) in [6, 6.07) is 5.58. The van der Waals surface area contributed by atoms with Crippen molar-refractivity contribution in [3.63, 3.8) is 0 Å². The first kappa shape index (κ1) is 21.4. The quantitative estimate of drug-likeness (QED) is 0.622. The fourth-order valence-corrected chi connectivity index (χ4v) is 5.69. The summed E-state index contributed by atoms with van der Waals surface area (Å²) in [5, 5.41) is 9.81. The molecule has 10 heteroatoms. The molecule has 2 atom stereocenters. The van der Waals surface area contributed by atoms with Crippen LogP contribution >= 0.6 is 0 Å². The molecule has 1 saturated heterocycles. The lowest BCUT2D eigenvalue weighted by Gasteiger charge is -2.36. The maximum Gasteiger partial charge on any atom is 0.322 e. The van der Waals surface area contributed by atoms with Crippen molar-refractivity contribution >= 4 is 27.2 Å². The molecular weight excluding hydrogens is 418 g/mol. The molecule has 9 nitrogen and oxygen atoms in total. The van der Waals surface area contributed by atoms with Crippen molar-refractivity contribution < 1.29 is 18.3 Å². The van der Waals surface area contributed by atoms with Gasteiger partial charge in [-0.1, -0.05) is 26.0 Å². The molecular formula is C21H25N5O4S. The van der Waals surface area contributed by atoms with Gasteiger partial charge in [-0.25, -0.2) is 23.4 Å². The summed E-state index contributed by atoms with van der Waals surface area (Å²) in [4.78, 5) is 24.6. The van der Waals surface area contributed by atoms with Crippen molar-refractivity contribution in [2.45, 2.75) is 50.1 Å². The van der Waals surface area contributed by atoms with E-state index in [1.165, 1.54) is 6.33 Å². The van der Waals surface area contributed by atoms with E-state index in [0.717, 1.165) is 9.87 Å². The van der Waals surface area contributed by atoms with Crippen LogP contribution in [0, 0.1) is 5.92 Å². The second-order valence-electron chi connectivity index (χ2n) is 8.21. The zero-order chi connectivity index (χ0) is 22.2. The molecule has 3 heterocycles. The summed E-state index contributed by atoms with van der Waals surface area (Å²) in [6.45, 7) is 4.74. The van der Waals surface area contributed by atoms with Gasteiger partial charge in [0.25, 0.3) is 0 Å². The molecule has 31 heavy (non-hydrogen) atoms. The molecule has 1 aliphatic rings. The first-order valence-corrected chi connectivity index (χ1v) is 11.7. The van der Waals surface area contributed by atoms with E-state index >= 15 is 0 Å². The number of hydrogen-bond donors (Lipinski definition) is 1. The van der Waals surface area contributed by atoms with Gasteiger partial charge in [0.1, 0.15) is 17.9 Å². The number of sulfonamides is 1. The van der Waals surface area contributed by atoms with Crippen LogP contribution in [0.25, 0.3) is 11.2 Å². The number of rotatable bonds is 6. The van der Waals surface area contributed by atoms with E-state index in [-0.39, 0.29) is 29.7 Å². The third kappa shape index (κ3) is 4.17. The zero-order valence-corrected chi connectivity index (χ0v) is 18.2. The fourth-order valence-electron chi connectivity index (χ4n) is 4.08. The molecule has 1 aliphatic heterocycles. The highest BCUT2D eigenvalue weighted by atomic mass is 32.2. The van der Waals surface area contributed by atoms with Crippen LogP contribution in [-0.2, 0) is 21.4 Å². The van der Waals surface area contributed by atoms with E-state index in [2.05, 4.69) is 15.0 Å². The molecule has 0 unspecified atom stereocenters. The number of carbonyl (C=O) groups is 1. The predicted molar refractivity (Wildman–Crippen MR) is 114 cm³/mol. The summed E-state index contributed by atoms with van der Waals surface area (Å²) in [7, 11) is -3.91. The van der Waals surface area contributed by atoms with Crippen LogP contribution in [0.2, 0.25) is 0 Å². The van der Waals surface area contributed by atoms with Gasteiger partial charge in [0, 0.05) is 13.1 Å². The van der Waals surface area contributed by atoms with Crippen molar-refractivity contribution in [2.24, 2.45) is 5.92 Å². The largest absolute Gasteiger partial charge is 0.480 e. The molecule has 0 radical (unpaired) electrons. The minimum atomic E-state index is -3.91. The van der Waals surface area contributed by atoms with Crippen LogP contribution in [0.5, 0.6) is 0 Å². The Bertz CT molecular complexity index is 1190. The van der Waals surface area contributed by atoms with Gasteiger partial charge in [-0.05, 0) is 42.4 Å². The number of aromatic nitrogens is 4. The second kappa shape index (κ2) is 8.35. The number of fused-ring (bicyclic) bond motifs is 1. The minimum Gasteiger partial charge on any atom is -0.480 e. The summed E-state index contributed by atoms with van der Waals surface area (Å²) < 4.78 is 29.4. The molecule has 0 aliphatic carbocycles. The summed E-state index contributed by atoms with van der Waals surface area (Å²) in [5.74, 6) is -0.864. The fraction of sp³-hybridized carbons (Fsp3) is 0.429. The number of piperidine rings is 1. The molecule has 4 rings (SSSR count). The Labute approximate surface area is 180 Å². The van der Waals surface area contributed by atoms with Gasteiger partial charge in [-0.15, -0.1) is 0 Å².